The Balaban J connectivity index is 1.94. The molecule has 0 saturated carbocycles. The summed E-state index contributed by atoms with van der Waals surface area (Å²) in [5, 5.41) is 3.41. The van der Waals surface area contributed by atoms with E-state index in [0.29, 0.717) is 6.04 Å². The quantitative estimate of drug-likeness (QED) is 0.807. The first-order chi connectivity index (χ1) is 7.31. The number of hydrogen-bond donors (Lipinski definition) is 1. The number of hydrogen-bond acceptors (Lipinski definition) is 2. The predicted octanol–water partition coefficient (Wildman–Crippen LogP) is 2.00. The van der Waals surface area contributed by atoms with Gasteiger partial charge in [-0.3, -0.25) is 4.90 Å². The number of nitrogens with zero attached hydrogens (tertiary/aromatic N) is 1. The zero-order valence-corrected chi connectivity index (χ0v) is 9.66. The van der Waals surface area contributed by atoms with E-state index in [4.69, 9.17) is 0 Å². The van der Waals surface area contributed by atoms with Crippen LogP contribution >= 0.6 is 0 Å². The second-order valence-electron chi connectivity index (χ2n) is 4.33. The molecule has 2 heteroatoms. The Bertz CT molecular complexity index is 297. The lowest BCUT2D eigenvalue weighted by Crippen LogP contribution is -2.37. The Labute approximate surface area is 92.3 Å². The normalized spacial score (nSPS) is 17.7. The molecule has 82 valence electrons. The molecule has 0 amide bonds. The first kappa shape index (κ1) is 10.7. The molecular weight excluding hydrogens is 184 g/mol. The number of rotatable bonds is 4. The van der Waals surface area contributed by atoms with E-state index in [1.165, 1.54) is 11.1 Å². The summed E-state index contributed by atoms with van der Waals surface area (Å²) in [7, 11) is 0. The summed E-state index contributed by atoms with van der Waals surface area (Å²) < 4.78 is 0. The summed E-state index contributed by atoms with van der Waals surface area (Å²) in [6, 6.07) is 9.39. The van der Waals surface area contributed by atoms with Crippen LogP contribution in [0.5, 0.6) is 0 Å². The molecule has 1 aliphatic rings. The molecular formula is C13H20N2. The van der Waals surface area contributed by atoms with Crippen LogP contribution in [0.4, 0.5) is 0 Å². The van der Waals surface area contributed by atoms with Gasteiger partial charge in [0, 0.05) is 25.7 Å². The van der Waals surface area contributed by atoms with Crippen molar-refractivity contribution in [3.05, 3.63) is 35.4 Å². The lowest BCUT2D eigenvalue weighted by atomic mass is 10.1. The second-order valence-corrected chi connectivity index (χ2v) is 4.33. The van der Waals surface area contributed by atoms with E-state index in [2.05, 4.69) is 48.3 Å². The summed E-state index contributed by atoms with van der Waals surface area (Å²) in [5.41, 5.74) is 3.00. The van der Waals surface area contributed by atoms with Crippen molar-refractivity contribution in [1.82, 2.24) is 10.2 Å². The van der Waals surface area contributed by atoms with Crippen molar-refractivity contribution in [1.29, 1.82) is 0 Å². The van der Waals surface area contributed by atoms with Gasteiger partial charge in [-0.25, -0.2) is 0 Å². The van der Waals surface area contributed by atoms with E-state index in [1.54, 1.807) is 0 Å². The lowest BCUT2D eigenvalue weighted by molar-refractivity contribution is 0.209. The van der Waals surface area contributed by atoms with Crippen molar-refractivity contribution in [3.63, 3.8) is 0 Å². The van der Waals surface area contributed by atoms with Crippen LogP contribution in [0.2, 0.25) is 0 Å². The molecule has 1 aromatic rings. The smallest absolute Gasteiger partial charge is 0.0243 e. The molecule has 0 aromatic heterocycles. The topological polar surface area (TPSA) is 15.3 Å². The third-order valence-electron chi connectivity index (χ3n) is 3.18. The van der Waals surface area contributed by atoms with E-state index in [-0.39, 0.29) is 0 Å². The highest BCUT2D eigenvalue weighted by atomic mass is 15.2. The molecule has 1 atom stereocenters. The highest BCUT2D eigenvalue weighted by Gasteiger charge is 2.21. The number of benzene rings is 1. The molecule has 0 radical (unpaired) electrons. The molecule has 0 bridgehead atoms. The van der Waals surface area contributed by atoms with Gasteiger partial charge < -0.3 is 5.32 Å². The summed E-state index contributed by atoms with van der Waals surface area (Å²) in [6.45, 7) is 8.83. The van der Waals surface area contributed by atoms with Crippen molar-refractivity contribution < 1.29 is 0 Å². The van der Waals surface area contributed by atoms with Crippen molar-refractivity contribution in [3.8, 4) is 0 Å². The summed E-state index contributed by atoms with van der Waals surface area (Å²) in [6.07, 6.45) is 0. The molecule has 1 aromatic carbocycles. The third-order valence-corrected chi connectivity index (χ3v) is 3.18. The minimum atomic E-state index is 0.623. The highest BCUT2D eigenvalue weighted by molar-refractivity contribution is 5.30. The van der Waals surface area contributed by atoms with Crippen molar-refractivity contribution in [2.24, 2.45) is 0 Å². The minimum Gasteiger partial charge on any atom is -0.315 e. The molecule has 1 heterocycles. The van der Waals surface area contributed by atoms with Gasteiger partial charge >= 0.3 is 0 Å². The average Bonchev–Trinajstić information content (AvgIpc) is 2.69. The summed E-state index contributed by atoms with van der Waals surface area (Å²) >= 11 is 0. The van der Waals surface area contributed by atoms with Crippen LogP contribution in [-0.2, 0) is 13.1 Å². The van der Waals surface area contributed by atoms with Gasteiger partial charge in [0.15, 0.2) is 0 Å². The van der Waals surface area contributed by atoms with Crippen LogP contribution in [0, 0.1) is 0 Å². The summed E-state index contributed by atoms with van der Waals surface area (Å²) in [5.74, 6) is 0. The molecule has 2 nitrogen and oxygen atoms in total. The van der Waals surface area contributed by atoms with Crippen LogP contribution in [0.25, 0.3) is 0 Å². The monoisotopic (exact) mass is 204 g/mol. The van der Waals surface area contributed by atoms with Crippen molar-refractivity contribution >= 4 is 0 Å². The van der Waals surface area contributed by atoms with Crippen LogP contribution in [0.3, 0.4) is 0 Å². The second kappa shape index (κ2) is 4.77. The molecule has 2 rings (SSSR count). The molecule has 1 aliphatic heterocycles. The predicted molar refractivity (Wildman–Crippen MR) is 63.7 cm³/mol. The first-order valence-electron chi connectivity index (χ1n) is 5.82. The van der Waals surface area contributed by atoms with Gasteiger partial charge in [0.2, 0.25) is 0 Å². The third kappa shape index (κ3) is 2.39. The Kier molecular flexibility index (Phi) is 3.39. The Hall–Kier alpha value is -0.860. The molecule has 1 unspecified atom stereocenters. The van der Waals surface area contributed by atoms with Crippen LogP contribution in [0.15, 0.2) is 24.3 Å². The maximum Gasteiger partial charge on any atom is 0.0243 e. The fourth-order valence-corrected chi connectivity index (χ4v) is 2.15. The largest absolute Gasteiger partial charge is 0.315 e. The van der Waals surface area contributed by atoms with Gasteiger partial charge in [-0.1, -0.05) is 31.2 Å². The van der Waals surface area contributed by atoms with Gasteiger partial charge in [-0.15, -0.1) is 0 Å². The molecule has 0 spiro atoms. The van der Waals surface area contributed by atoms with Crippen molar-refractivity contribution in [2.45, 2.75) is 33.0 Å². The zero-order valence-electron chi connectivity index (χ0n) is 9.66. The molecule has 0 aliphatic carbocycles. The van der Waals surface area contributed by atoms with Gasteiger partial charge in [-0.05, 0) is 24.6 Å². The molecule has 15 heavy (non-hydrogen) atoms. The number of nitrogens with one attached hydrogen (secondary N) is 1. The summed E-state index contributed by atoms with van der Waals surface area (Å²) in [4.78, 5) is 2.54. The van der Waals surface area contributed by atoms with Gasteiger partial charge in [0.25, 0.3) is 0 Å². The standard InChI is InChI=1S/C13H20N2/c1-3-14-8-11(2)15-9-12-6-4-5-7-13(12)10-15/h4-7,11,14H,3,8-10H2,1-2H3. The molecule has 0 fully saturated rings. The maximum absolute atomic E-state index is 3.41. The minimum absolute atomic E-state index is 0.623. The van der Waals surface area contributed by atoms with Gasteiger partial charge in [-0.2, -0.15) is 0 Å². The van der Waals surface area contributed by atoms with E-state index in [0.717, 1.165) is 26.2 Å². The fourth-order valence-electron chi connectivity index (χ4n) is 2.15. The van der Waals surface area contributed by atoms with E-state index >= 15 is 0 Å². The Morgan fingerprint density at radius 1 is 1.27 bits per heavy atom. The molecule has 0 saturated heterocycles. The SMILES string of the molecule is CCNCC(C)N1Cc2ccccc2C1. The number of likely N-dealkylation sites (N-methyl/N-ethyl adjacent to an activating group) is 1. The van der Waals surface area contributed by atoms with Crippen LogP contribution in [0.1, 0.15) is 25.0 Å². The average molecular weight is 204 g/mol. The molecule has 1 N–H and O–H groups in total. The maximum atomic E-state index is 3.41. The first-order valence-corrected chi connectivity index (χ1v) is 5.82. The lowest BCUT2D eigenvalue weighted by Gasteiger charge is -2.23. The van der Waals surface area contributed by atoms with Crippen LogP contribution in [-0.4, -0.2) is 24.0 Å². The zero-order chi connectivity index (χ0) is 10.7. The highest BCUT2D eigenvalue weighted by Crippen LogP contribution is 2.23. The van der Waals surface area contributed by atoms with E-state index in [9.17, 15) is 0 Å². The van der Waals surface area contributed by atoms with Gasteiger partial charge in [0.1, 0.15) is 0 Å². The van der Waals surface area contributed by atoms with E-state index < -0.39 is 0 Å². The van der Waals surface area contributed by atoms with Gasteiger partial charge in [0.05, 0.1) is 0 Å². The van der Waals surface area contributed by atoms with E-state index in [1.807, 2.05) is 0 Å². The van der Waals surface area contributed by atoms with Crippen LogP contribution < -0.4 is 5.32 Å². The Morgan fingerprint density at radius 3 is 2.40 bits per heavy atom. The van der Waals surface area contributed by atoms with Crippen molar-refractivity contribution in [2.75, 3.05) is 13.1 Å². The fraction of sp³-hybridized carbons (Fsp3) is 0.538. The number of fused-ring (bicyclic) bond motifs is 1. The Morgan fingerprint density at radius 2 is 1.87 bits per heavy atom.